The normalized spacial score (nSPS) is 11.6. The van der Waals surface area contributed by atoms with E-state index in [4.69, 9.17) is 11.6 Å². The lowest BCUT2D eigenvalue weighted by molar-refractivity contribution is 0.116. The minimum absolute atomic E-state index is 0.168. The average molecular weight is 357 g/mol. The van der Waals surface area contributed by atoms with Crippen molar-refractivity contribution in [1.82, 2.24) is 4.98 Å². The number of aliphatic hydroxyl groups excluding tert-OH is 2. The third-order valence-corrected chi connectivity index (χ3v) is 4.26. The van der Waals surface area contributed by atoms with Gasteiger partial charge in [0.2, 0.25) is 0 Å². The summed E-state index contributed by atoms with van der Waals surface area (Å²) in [5.41, 5.74) is 0.948. The van der Waals surface area contributed by atoms with Crippen molar-refractivity contribution < 1.29 is 10.2 Å². The van der Waals surface area contributed by atoms with Crippen LogP contribution in [0.15, 0.2) is 47.2 Å². The van der Waals surface area contributed by atoms with E-state index in [0.717, 1.165) is 15.6 Å². The molecule has 0 saturated heterocycles. The van der Waals surface area contributed by atoms with Gasteiger partial charge < -0.3 is 10.2 Å². The van der Waals surface area contributed by atoms with Gasteiger partial charge in [-0.05, 0) is 35.7 Å². The van der Waals surface area contributed by atoms with E-state index in [1.165, 1.54) is 0 Å². The molecule has 0 fully saturated rings. The molecule has 20 heavy (non-hydrogen) atoms. The molecule has 0 saturated carbocycles. The van der Waals surface area contributed by atoms with E-state index in [0.29, 0.717) is 11.4 Å². The maximum absolute atomic E-state index is 9.84. The van der Waals surface area contributed by atoms with Crippen LogP contribution in [0.4, 0.5) is 0 Å². The summed E-state index contributed by atoms with van der Waals surface area (Å²) in [5.74, 6) is 0. The molecule has 2 rings (SSSR count). The van der Waals surface area contributed by atoms with Crippen molar-refractivity contribution in [3.05, 3.63) is 63.3 Å². The summed E-state index contributed by atoms with van der Waals surface area (Å²) in [4.78, 5) is 3.95. The molecule has 0 radical (unpaired) electrons. The highest BCUT2D eigenvalue weighted by Crippen LogP contribution is 2.31. The van der Waals surface area contributed by atoms with Crippen LogP contribution in [-0.4, -0.2) is 28.4 Å². The van der Waals surface area contributed by atoms with Gasteiger partial charge in [0, 0.05) is 22.3 Å². The lowest BCUT2D eigenvalue weighted by Gasteiger charge is -2.31. The molecule has 1 aromatic carbocycles. The second-order valence-corrected chi connectivity index (χ2v) is 6.07. The highest BCUT2D eigenvalue weighted by Gasteiger charge is 2.32. The maximum Gasteiger partial charge on any atom is 0.0621 e. The lowest BCUT2D eigenvalue weighted by atomic mass is 9.77. The Kier molecular flexibility index (Phi) is 5.16. The predicted octanol–water partition coefficient (Wildman–Crippen LogP) is 2.96. The van der Waals surface area contributed by atoms with E-state index >= 15 is 0 Å². The van der Waals surface area contributed by atoms with E-state index in [1.54, 1.807) is 18.5 Å². The topological polar surface area (TPSA) is 53.4 Å². The molecule has 5 heteroatoms. The number of aromatic nitrogens is 1. The van der Waals surface area contributed by atoms with Crippen LogP contribution in [0, 0.1) is 0 Å². The van der Waals surface area contributed by atoms with Crippen LogP contribution >= 0.6 is 27.5 Å². The number of halogens is 2. The first-order chi connectivity index (χ1) is 9.61. The van der Waals surface area contributed by atoms with Crippen molar-refractivity contribution in [3.63, 3.8) is 0 Å². The van der Waals surface area contributed by atoms with Crippen molar-refractivity contribution in [2.24, 2.45) is 0 Å². The molecule has 1 heterocycles. The number of aliphatic hydroxyl groups is 2. The van der Waals surface area contributed by atoms with Gasteiger partial charge in [0.05, 0.1) is 18.2 Å². The van der Waals surface area contributed by atoms with Gasteiger partial charge in [0.15, 0.2) is 0 Å². The molecule has 106 valence electrons. The van der Waals surface area contributed by atoms with Crippen molar-refractivity contribution in [2.45, 2.75) is 11.8 Å². The molecule has 0 aliphatic carbocycles. The van der Waals surface area contributed by atoms with Gasteiger partial charge in [-0.15, -0.1) is 0 Å². The third kappa shape index (κ3) is 3.20. The van der Waals surface area contributed by atoms with E-state index in [2.05, 4.69) is 20.9 Å². The van der Waals surface area contributed by atoms with Gasteiger partial charge in [-0.25, -0.2) is 0 Å². The quantitative estimate of drug-likeness (QED) is 0.866. The van der Waals surface area contributed by atoms with Gasteiger partial charge >= 0.3 is 0 Å². The molecule has 0 atom stereocenters. The number of hydrogen-bond donors (Lipinski definition) is 2. The summed E-state index contributed by atoms with van der Waals surface area (Å²) >= 11 is 9.54. The molecule has 3 nitrogen and oxygen atoms in total. The third-order valence-electron chi connectivity index (χ3n) is 3.43. The monoisotopic (exact) mass is 355 g/mol. The van der Waals surface area contributed by atoms with Crippen LogP contribution in [0.25, 0.3) is 0 Å². The molecule has 0 amide bonds. The maximum atomic E-state index is 9.84. The second-order valence-electron chi connectivity index (χ2n) is 4.75. The Morgan fingerprint density at radius 3 is 2.55 bits per heavy atom. The number of benzene rings is 1. The Hall–Kier alpha value is -0.940. The number of nitrogens with zero attached hydrogens (tertiary/aromatic N) is 1. The first kappa shape index (κ1) is 15.4. The minimum Gasteiger partial charge on any atom is -0.395 e. The highest BCUT2D eigenvalue weighted by molar-refractivity contribution is 9.10. The zero-order valence-corrected chi connectivity index (χ0v) is 13.1. The van der Waals surface area contributed by atoms with Crippen molar-refractivity contribution in [2.75, 3.05) is 13.2 Å². The average Bonchev–Trinajstić information content (AvgIpc) is 2.47. The number of hydrogen-bond acceptors (Lipinski definition) is 3. The Bertz CT molecular complexity index is 588. The number of rotatable bonds is 5. The molecule has 0 aliphatic rings. The standard InChI is InChI=1S/C15H15BrClNO2/c16-13-3-1-2-12(6-13)15(9-19,10-20)7-11-4-5-18-8-14(11)17/h1-6,8,19-20H,7,9-10H2. The fourth-order valence-electron chi connectivity index (χ4n) is 2.18. The van der Waals surface area contributed by atoms with Crippen LogP contribution in [-0.2, 0) is 11.8 Å². The summed E-state index contributed by atoms with van der Waals surface area (Å²) in [6.07, 6.45) is 3.66. The summed E-state index contributed by atoms with van der Waals surface area (Å²) in [5, 5.41) is 20.2. The van der Waals surface area contributed by atoms with Gasteiger partial charge in [0.25, 0.3) is 0 Å². The molecule has 0 aliphatic heterocycles. The van der Waals surface area contributed by atoms with Crippen molar-refractivity contribution >= 4 is 27.5 Å². The largest absolute Gasteiger partial charge is 0.395 e. The molecule has 1 aromatic heterocycles. The molecular formula is C15H15BrClNO2. The van der Waals surface area contributed by atoms with Gasteiger partial charge in [0.1, 0.15) is 0 Å². The molecule has 0 spiro atoms. The Balaban J connectivity index is 2.42. The molecule has 0 bridgehead atoms. The Labute approximate surface area is 131 Å². The zero-order chi connectivity index (χ0) is 14.6. The van der Waals surface area contributed by atoms with Crippen molar-refractivity contribution in [3.8, 4) is 0 Å². The van der Waals surface area contributed by atoms with Gasteiger partial charge in [-0.2, -0.15) is 0 Å². The smallest absolute Gasteiger partial charge is 0.0621 e. The van der Waals surface area contributed by atoms with Crippen LogP contribution in [0.5, 0.6) is 0 Å². The van der Waals surface area contributed by atoms with Crippen molar-refractivity contribution in [1.29, 1.82) is 0 Å². The van der Waals surface area contributed by atoms with Crippen LogP contribution in [0.2, 0.25) is 5.02 Å². The number of pyridine rings is 1. The first-order valence-electron chi connectivity index (χ1n) is 6.17. The molecule has 2 N–H and O–H groups in total. The molecule has 0 unspecified atom stereocenters. The highest BCUT2D eigenvalue weighted by atomic mass is 79.9. The van der Waals surface area contributed by atoms with E-state index < -0.39 is 5.41 Å². The van der Waals surface area contributed by atoms with E-state index in [1.807, 2.05) is 24.3 Å². The zero-order valence-electron chi connectivity index (χ0n) is 10.8. The van der Waals surface area contributed by atoms with Crippen LogP contribution in [0.3, 0.4) is 0 Å². The Morgan fingerprint density at radius 1 is 1.20 bits per heavy atom. The SMILES string of the molecule is OCC(CO)(Cc1ccncc1Cl)c1cccc(Br)c1. The van der Waals surface area contributed by atoms with Crippen LogP contribution < -0.4 is 0 Å². The fourth-order valence-corrected chi connectivity index (χ4v) is 2.76. The summed E-state index contributed by atoms with van der Waals surface area (Å²) in [6.45, 7) is -0.336. The summed E-state index contributed by atoms with van der Waals surface area (Å²) in [7, 11) is 0. The second kappa shape index (κ2) is 6.68. The molecule has 2 aromatic rings. The van der Waals surface area contributed by atoms with E-state index in [-0.39, 0.29) is 13.2 Å². The molecular weight excluding hydrogens is 342 g/mol. The predicted molar refractivity (Wildman–Crippen MR) is 82.9 cm³/mol. The summed E-state index contributed by atoms with van der Waals surface area (Å²) < 4.78 is 0.905. The summed E-state index contributed by atoms with van der Waals surface area (Å²) in [6, 6.07) is 9.39. The van der Waals surface area contributed by atoms with Gasteiger partial charge in [-0.3, -0.25) is 4.98 Å². The fraction of sp³-hybridized carbons (Fsp3) is 0.267. The van der Waals surface area contributed by atoms with E-state index in [9.17, 15) is 10.2 Å². The Morgan fingerprint density at radius 2 is 1.95 bits per heavy atom. The van der Waals surface area contributed by atoms with Crippen LogP contribution in [0.1, 0.15) is 11.1 Å². The van der Waals surface area contributed by atoms with Gasteiger partial charge in [-0.1, -0.05) is 39.7 Å². The minimum atomic E-state index is -0.769. The lowest BCUT2D eigenvalue weighted by Crippen LogP contribution is -2.37. The first-order valence-corrected chi connectivity index (χ1v) is 7.34.